The van der Waals surface area contributed by atoms with Gasteiger partial charge in [0, 0.05) is 25.6 Å². The minimum Gasteiger partial charge on any atom is -0.338 e. The molecule has 2 aromatic carbocycles. The van der Waals surface area contributed by atoms with Crippen molar-refractivity contribution in [3.8, 4) is 0 Å². The van der Waals surface area contributed by atoms with E-state index in [1.165, 1.54) is 10.6 Å². The number of nitrogens with zero attached hydrogens (tertiary/aromatic N) is 2. The van der Waals surface area contributed by atoms with Crippen LogP contribution in [0.5, 0.6) is 0 Å². The first-order valence-corrected chi connectivity index (χ1v) is 8.21. The summed E-state index contributed by atoms with van der Waals surface area (Å²) >= 11 is 0. The van der Waals surface area contributed by atoms with Crippen LogP contribution in [0.1, 0.15) is 5.82 Å². The van der Waals surface area contributed by atoms with Crippen molar-refractivity contribution in [1.29, 1.82) is 0 Å². The second-order valence-corrected chi connectivity index (χ2v) is 6.92. The summed E-state index contributed by atoms with van der Waals surface area (Å²) in [6.07, 6.45) is 4.87. The number of benzene rings is 2. The standard InChI is InChI=1S/C17H17N2P/c1-19-13-12-18-17(19)14-20(15-8-4-2-5-9-15)16-10-6-3-7-11-16/h2-13H,14H2,1H3. The van der Waals surface area contributed by atoms with Crippen LogP contribution in [0.15, 0.2) is 73.1 Å². The van der Waals surface area contributed by atoms with Crippen LogP contribution in [0, 0.1) is 0 Å². The molecular weight excluding hydrogens is 263 g/mol. The smallest absolute Gasteiger partial charge is 0.113 e. The van der Waals surface area contributed by atoms with E-state index in [1.54, 1.807) is 0 Å². The molecule has 3 rings (SSSR count). The maximum absolute atomic E-state index is 4.49. The largest absolute Gasteiger partial charge is 0.338 e. The zero-order valence-electron chi connectivity index (χ0n) is 11.5. The number of aryl methyl sites for hydroxylation is 1. The van der Waals surface area contributed by atoms with Gasteiger partial charge < -0.3 is 4.57 Å². The number of aromatic nitrogens is 2. The highest BCUT2D eigenvalue weighted by atomic mass is 31.1. The molecule has 0 fully saturated rings. The molecule has 0 bridgehead atoms. The highest BCUT2D eigenvalue weighted by Gasteiger charge is 2.16. The Hall–Kier alpha value is -1.92. The molecule has 20 heavy (non-hydrogen) atoms. The van der Waals surface area contributed by atoms with Gasteiger partial charge in [0.15, 0.2) is 0 Å². The highest BCUT2D eigenvalue weighted by molar-refractivity contribution is 7.72. The van der Waals surface area contributed by atoms with Crippen LogP contribution in [0.3, 0.4) is 0 Å². The Kier molecular flexibility index (Phi) is 3.94. The SMILES string of the molecule is Cn1ccnc1CP(c1ccccc1)c1ccccc1. The third kappa shape index (κ3) is 2.81. The Labute approximate surface area is 120 Å². The quantitative estimate of drug-likeness (QED) is 0.672. The molecule has 3 aromatic rings. The summed E-state index contributed by atoms with van der Waals surface area (Å²) in [7, 11) is 1.66. The van der Waals surface area contributed by atoms with Gasteiger partial charge in [-0.25, -0.2) is 4.98 Å². The fourth-order valence-electron chi connectivity index (χ4n) is 2.24. The van der Waals surface area contributed by atoms with Crippen molar-refractivity contribution in [3.63, 3.8) is 0 Å². The van der Waals surface area contributed by atoms with Crippen molar-refractivity contribution in [3.05, 3.63) is 78.9 Å². The van der Waals surface area contributed by atoms with Crippen LogP contribution >= 0.6 is 7.92 Å². The Morgan fingerprint density at radius 3 is 1.90 bits per heavy atom. The number of imidazole rings is 1. The maximum atomic E-state index is 4.49. The molecule has 0 aliphatic rings. The number of rotatable bonds is 4. The van der Waals surface area contributed by atoms with Crippen molar-refractivity contribution < 1.29 is 0 Å². The Balaban J connectivity index is 1.98. The summed E-state index contributed by atoms with van der Waals surface area (Å²) in [5.41, 5.74) is 0. The molecule has 0 atom stereocenters. The first-order chi connectivity index (χ1) is 9.84. The van der Waals surface area contributed by atoms with Gasteiger partial charge in [-0.2, -0.15) is 0 Å². The van der Waals surface area contributed by atoms with E-state index in [0.29, 0.717) is 0 Å². The normalized spacial score (nSPS) is 10.9. The average molecular weight is 280 g/mol. The monoisotopic (exact) mass is 280 g/mol. The average Bonchev–Trinajstić information content (AvgIpc) is 2.92. The van der Waals surface area contributed by atoms with Gasteiger partial charge in [-0.15, -0.1) is 0 Å². The molecule has 0 saturated heterocycles. The van der Waals surface area contributed by atoms with Crippen LogP contribution in [0.4, 0.5) is 0 Å². The molecule has 0 saturated carbocycles. The number of hydrogen-bond acceptors (Lipinski definition) is 1. The van der Waals surface area contributed by atoms with Crippen LogP contribution in [0.2, 0.25) is 0 Å². The van der Waals surface area contributed by atoms with E-state index in [1.807, 2.05) is 12.4 Å². The molecule has 2 nitrogen and oxygen atoms in total. The third-order valence-electron chi connectivity index (χ3n) is 3.36. The van der Waals surface area contributed by atoms with E-state index in [-0.39, 0.29) is 0 Å². The van der Waals surface area contributed by atoms with Gasteiger partial charge >= 0.3 is 0 Å². The van der Waals surface area contributed by atoms with Crippen molar-refractivity contribution in [2.75, 3.05) is 0 Å². The summed E-state index contributed by atoms with van der Waals surface area (Å²) in [6.45, 7) is 0. The van der Waals surface area contributed by atoms with Gasteiger partial charge in [0.25, 0.3) is 0 Å². The van der Waals surface area contributed by atoms with E-state index in [4.69, 9.17) is 0 Å². The van der Waals surface area contributed by atoms with Crippen molar-refractivity contribution in [1.82, 2.24) is 9.55 Å². The molecule has 0 radical (unpaired) electrons. The molecule has 3 heteroatoms. The number of hydrogen-bond donors (Lipinski definition) is 0. The zero-order chi connectivity index (χ0) is 13.8. The molecular formula is C17H17N2P. The third-order valence-corrected chi connectivity index (χ3v) is 5.80. The van der Waals surface area contributed by atoms with Gasteiger partial charge in [0.05, 0.1) is 0 Å². The fourth-order valence-corrected chi connectivity index (χ4v) is 4.55. The fraction of sp³-hybridized carbons (Fsp3) is 0.118. The molecule has 0 aliphatic heterocycles. The van der Waals surface area contributed by atoms with Gasteiger partial charge in [-0.3, -0.25) is 0 Å². The molecule has 0 aliphatic carbocycles. The minimum absolute atomic E-state index is 0.401. The minimum atomic E-state index is -0.401. The summed E-state index contributed by atoms with van der Waals surface area (Å²) in [5.74, 6) is 1.14. The van der Waals surface area contributed by atoms with Crippen molar-refractivity contribution in [2.45, 2.75) is 6.16 Å². The van der Waals surface area contributed by atoms with E-state index in [2.05, 4.69) is 77.3 Å². The van der Waals surface area contributed by atoms with Gasteiger partial charge in [0.2, 0.25) is 0 Å². The zero-order valence-corrected chi connectivity index (χ0v) is 12.4. The lowest BCUT2D eigenvalue weighted by molar-refractivity contribution is 0.848. The molecule has 1 heterocycles. The van der Waals surface area contributed by atoms with E-state index in [9.17, 15) is 0 Å². The lowest BCUT2D eigenvalue weighted by Crippen LogP contribution is -2.14. The molecule has 0 N–H and O–H groups in total. The first-order valence-electron chi connectivity index (χ1n) is 6.68. The van der Waals surface area contributed by atoms with E-state index in [0.717, 1.165) is 12.0 Å². The van der Waals surface area contributed by atoms with Crippen molar-refractivity contribution in [2.24, 2.45) is 7.05 Å². The molecule has 100 valence electrons. The molecule has 0 unspecified atom stereocenters. The van der Waals surface area contributed by atoms with Crippen LogP contribution in [0.25, 0.3) is 0 Å². The summed E-state index contributed by atoms with van der Waals surface area (Å²) in [4.78, 5) is 4.49. The van der Waals surface area contributed by atoms with E-state index >= 15 is 0 Å². The van der Waals surface area contributed by atoms with Crippen LogP contribution in [-0.2, 0) is 13.2 Å². The Morgan fingerprint density at radius 1 is 0.900 bits per heavy atom. The van der Waals surface area contributed by atoms with Crippen LogP contribution < -0.4 is 10.6 Å². The van der Waals surface area contributed by atoms with E-state index < -0.39 is 7.92 Å². The predicted octanol–water partition coefficient (Wildman–Crippen LogP) is 3.05. The lowest BCUT2D eigenvalue weighted by Gasteiger charge is -2.18. The first kappa shape index (κ1) is 13.1. The maximum Gasteiger partial charge on any atom is 0.113 e. The molecule has 0 amide bonds. The Bertz CT molecular complexity index is 622. The summed E-state index contributed by atoms with van der Waals surface area (Å²) in [5, 5.41) is 2.80. The highest BCUT2D eigenvalue weighted by Crippen LogP contribution is 2.37. The second kappa shape index (κ2) is 6.02. The van der Waals surface area contributed by atoms with Gasteiger partial charge in [-0.1, -0.05) is 60.7 Å². The van der Waals surface area contributed by atoms with Gasteiger partial charge in [0.1, 0.15) is 5.82 Å². The predicted molar refractivity (Wildman–Crippen MR) is 86.0 cm³/mol. The second-order valence-electron chi connectivity index (χ2n) is 4.71. The topological polar surface area (TPSA) is 17.8 Å². The lowest BCUT2D eigenvalue weighted by atomic mass is 10.4. The van der Waals surface area contributed by atoms with Gasteiger partial charge in [-0.05, 0) is 18.5 Å². The Morgan fingerprint density at radius 2 is 1.45 bits per heavy atom. The summed E-state index contributed by atoms with van der Waals surface area (Å²) in [6, 6.07) is 21.5. The summed E-state index contributed by atoms with van der Waals surface area (Å²) < 4.78 is 2.11. The van der Waals surface area contributed by atoms with Crippen molar-refractivity contribution >= 4 is 18.5 Å². The molecule has 0 spiro atoms. The molecule has 1 aromatic heterocycles. The van der Waals surface area contributed by atoms with Crippen LogP contribution in [-0.4, -0.2) is 9.55 Å².